The Morgan fingerprint density at radius 2 is 1.52 bits per heavy atom. The number of hydrogen-bond acceptors (Lipinski definition) is 3. The van der Waals surface area contributed by atoms with Crippen molar-refractivity contribution in [2.75, 3.05) is 11.4 Å². The van der Waals surface area contributed by atoms with Crippen molar-refractivity contribution >= 4 is 34.2 Å². The van der Waals surface area contributed by atoms with Crippen LogP contribution in [0.3, 0.4) is 0 Å². The molecule has 4 aromatic rings. The van der Waals surface area contributed by atoms with Crippen molar-refractivity contribution in [3.05, 3.63) is 113 Å². The highest BCUT2D eigenvalue weighted by Gasteiger charge is 2.36. The average molecular weight is 534 g/mol. The van der Waals surface area contributed by atoms with Gasteiger partial charge in [0, 0.05) is 29.5 Å². The molecule has 0 saturated carbocycles. The lowest BCUT2D eigenvalue weighted by molar-refractivity contribution is -0.140. The van der Waals surface area contributed by atoms with E-state index in [9.17, 15) is 14.4 Å². The quantitative estimate of drug-likeness (QED) is 0.318. The molecule has 6 nitrogen and oxygen atoms in total. The average Bonchev–Trinajstić information content (AvgIpc) is 3.19. The Morgan fingerprint density at radius 1 is 0.850 bits per heavy atom. The summed E-state index contributed by atoms with van der Waals surface area (Å²) in [6.07, 6.45) is 0.351. The van der Waals surface area contributed by atoms with E-state index in [0.29, 0.717) is 12.0 Å². The molecular weight excluding hydrogens is 498 g/mol. The summed E-state index contributed by atoms with van der Waals surface area (Å²) in [7, 11) is 0. The first kappa shape index (κ1) is 27.1. The van der Waals surface area contributed by atoms with Gasteiger partial charge in [-0.1, -0.05) is 84.4 Å². The summed E-state index contributed by atoms with van der Waals surface area (Å²) in [5.74, 6) is -0.715. The fraction of sp³-hybridized carbons (Fsp3) is 0.265. The number of aryl methyl sites for hydroxylation is 1. The standard InChI is InChI=1S/C34H35N3O3/c1-23-16-18-25(19-17-23)21-36(29(32(39)35-34(2,3)4)20-24-10-6-5-7-11-24)30(38)22-37-28-15-9-13-26-12-8-14-27(31(26)28)33(37)40/h5-19,29H,20-22H2,1-4H3,(H,35,39). The number of nitrogens with zero attached hydrogens (tertiary/aromatic N) is 2. The van der Waals surface area contributed by atoms with Crippen LogP contribution in [-0.4, -0.2) is 40.7 Å². The molecule has 3 amide bonds. The predicted molar refractivity (Wildman–Crippen MR) is 159 cm³/mol. The molecule has 0 spiro atoms. The Labute approximate surface area is 235 Å². The summed E-state index contributed by atoms with van der Waals surface area (Å²) < 4.78 is 0. The smallest absolute Gasteiger partial charge is 0.259 e. The van der Waals surface area contributed by atoms with Gasteiger partial charge in [-0.2, -0.15) is 0 Å². The maximum absolute atomic E-state index is 14.2. The van der Waals surface area contributed by atoms with E-state index in [4.69, 9.17) is 0 Å². The first-order valence-electron chi connectivity index (χ1n) is 13.7. The van der Waals surface area contributed by atoms with Crippen LogP contribution in [0.4, 0.5) is 5.69 Å². The van der Waals surface area contributed by atoms with Gasteiger partial charge < -0.3 is 10.2 Å². The lowest BCUT2D eigenvalue weighted by atomic mass is 10.0. The van der Waals surface area contributed by atoms with Gasteiger partial charge in [0.1, 0.15) is 12.6 Å². The lowest BCUT2D eigenvalue weighted by Crippen LogP contribution is -2.56. The molecule has 0 aromatic heterocycles. The molecule has 1 aliphatic heterocycles. The first-order valence-corrected chi connectivity index (χ1v) is 13.7. The van der Waals surface area contributed by atoms with Crippen LogP contribution in [0.1, 0.15) is 47.8 Å². The minimum Gasteiger partial charge on any atom is -0.350 e. The number of hydrogen-bond donors (Lipinski definition) is 1. The van der Waals surface area contributed by atoms with Crippen LogP contribution in [0, 0.1) is 6.92 Å². The van der Waals surface area contributed by atoms with Crippen LogP contribution in [0.2, 0.25) is 0 Å². The van der Waals surface area contributed by atoms with E-state index in [1.54, 1.807) is 15.9 Å². The molecule has 6 heteroatoms. The van der Waals surface area contributed by atoms with Crippen LogP contribution >= 0.6 is 0 Å². The van der Waals surface area contributed by atoms with Crippen molar-refractivity contribution in [2.24, 2.45) is 0 Å². The first-order chi connectivity index (χ1) is 19.1. The Balaban J connectivity index is 1.52. The van der Waals surface area contributed by atoms with Gasteiger partial charge >= 0.3 is 0 Å². The number of benzene rings is 4. The van der Waals surface area contributed by atoms with E-state index in [2.05, 4.69) is 5.32 Å². The molecular formula is C34H35N3O3. The molecule has 204 valence electrons. The molecule has 0 saturated heterocycles. The van der Waals surface area contributed by atoms with Gasteiger partial charge in [0.05, 0.1) is 5.69 Å². The molecule has 0 aliphatic carbocycles. The van der Waals surface area contributed by atoms with Crippen LogP contribution in [-0.2, 0) is 22.6 Å². The molecule has 0 radical (unpaired) electrons. The lowest BCUT2D eigenvalue weighted by Gasteiger charge is -2.34. The molecule has 1 atom stereocenters. The third-order valence-electron chi connectivity index (χ3n) is 7.19. The van der Waals surface area contributed by atoms with E-state index in [-0.39, 0.29) is 30.8 Å². The van der Waals surface area contributed by atoms with Crippen molar-refractivity contribution in [1.82, 2.24) is 10.2 Å². The number of carbonyl (C=O) groups is 3. The summed E-state index contributed by atoms with van der Waals surface area (Å²) >= 11 is 0. The Kier molecular flexibility index (Phi) is 7.44. The van der Waals surface area contributed by atoms with Gasteiger partial charge in [0.2, 0.25) is 11.8 Å². The molecule has 5 rings (SSSR count). The SMILES string of the molecule is Cc1ccc(CN(C(=O)CN2C(=O)c3cccc4cccc2c34)C(Cc2ccccc2)C(=O)NC(C)(C)C)cc1. The van der Waals surface area contributed by atoms with Gasteiger partial charge in [-0.15, -0.1) is 0 Å². The highest BCUT2D eigenvalue weighted by molar-refractivity contribution is 6.26. The van der Waals surface area contributed by atoms with Crippen molar-refractivity contribution in [3.8, 4) is 0 Å². The minimum atomic E-state index is -0.772. The summed E-state index contributed by atoms with van der Waals surface area (Å²) in [5.41, 5.74) is 3.82. The van der Waals surface area contributed by atoms with Crippen LogP contribution in [0.5, 0.6) is 0 Å². The van der Waals surface area contributed by atoms with Crippen molar-refractivity contribution in [2.45, 2.75) is 52.2 Å². The topological polar surface area (TPSA) is 69.7 Å². The highest BCUT2D eigenvalue weighted by atomic mass is 16.2. The molecule has 1 heterocycles. The fourth-order valence-electron chi connectivity index (χ4n) is 5.26. The molecule has 0 bridgehead atoms. The fourth-order valence-corrected chi connectivity index (χ4v) is 5.26. The van der Waals surface area contributed by atoms with Gasteiger partial charge in [0.15, 0.2) is 0 Å². The zero-order valence-corrected chi connectivity index (χ0v) is 23.5. The van der Waals surface area contributed by atoms with E-state index in [0.717, 1.165) is 33.2 Å². The largest absolute Gasteiger partial charge is 0.350 e. The highest BCUT2D eigenvalue weighted by Crippen LogP contribution is 2.37. The number of anilines is 1. The maximum Gasteiger partial charge on any atom is 0.259 e. The van der Waals surface area contributed by atoms with Gasteiger partial charge in [-0.3, -0.25) is 19.3 Å². The maximum atomic E-state index is 14.2. The monoisotopic (exact) mass is 533 g/mol. The van der Waals surface area contributed by atoms with Crippen LogP contribution in [0.25, 0.3) is 10.8 Å². The summed E-state index contributed by atoms with van der Waals surface area (Å²) in [6, 6.07) is 28.3. The molecule has 1 aliphatic rings. The Bertz CT molecular complexity index is 1550. The predicted octanol–water partition coefficient (Wildman–Crippen LogP) is 5.66. The molecule has 40 heavy (non-hydrogen) atoms. The van der Waals surface area contributed by atoms with Crippen LogP contribution in [0.15, 0.2) is 91.0 Å². The zero-order chi connectivity index (χ0) is 28.4. The van der Waals surface area contributed by atoms with Gasteiger partial charge in [-0.25, -0.2) is 0 Å². The normalized spacial score (nSPS) is 13.4. The number of carbonyl (C=O) groups excluding carboxylic acids is 3. The summed E-state index contributed by atoms with van der Waals surface area (Å²) in [6.45, 7) is 7.88. The molecule has 4 aromatic carbocycles. The summed E-state index contributed by atoms with van der Waals surface area (Å²) in [4.78, 5) is 44.7. The van der Waals surface area contributed by atoms with Crippen molar-refractivity contribution in [1.29, 1.82) is 0 Å². The molecule has 0 fully saturated rings. The van der Waals surface area contributed by atoms with Crippen molar-refractivity contribution < 1.29 is 14.4 Å². The van der Waals surface area contributed by atoms with Crippen LogP contribution < -0.4 is 10.2 Å². The second-order valence-corrected chi connectivity index (χ2v) is 11.5. The van der Waals surface area contributed by atoms with E-state index < -0.39 is 11.6 Å². The third-order valence-corrected chi connectivity index (χ3v) is 7.19. The number of rotatable bonds is 8. The molecule has 1 N–H and O–H groups in total. The van der Waals surface area contributed by atoms with E-state index in [1.165, 1.54) is 0 Å². The Hall–Kier alpha value is -4.45. The van der Waals surface area contributed by atoms with E-state index in [1.807, 2.05) is 113 Å². The Morgan fingerprint density at radius 3 is 2.20 bits per heavy atom. The summed E-state index contributed by atoms with van der Waals surface area (Å²) in [5, 5.41) is 4.91. The second kappa shape index (κ2) is 11.0. The minimum absolute atomic E-state index is 0.160. The number of amides is 3. The van der Waals surface area contributed by atoms with Gasteiger partial charge in [-0.05, 0) is 56.3 Å². The number of nitrogens with one attached hydrogen (secondary N) is 1. The van der Waals surface area contributed by atoms with E-state index >= 15 is 0 Å². The molecule has 1 unspecified atom stereocenters. The second-order valence-electron chi connectivity index (χ2n) is 11.5. The zero-order valence-electron chi connectivity index (χ0n) is 23.5. The van der Waals surface area contributed by atoms with Crippen molar-refractivity contribution in [3.63, 3.8) is 0 Å². The van der Waals surface area contributed by atoms with Gasteiger partial charge in [0.25, 0.3) is 5.91 Å². The third kappa shape index (κ3) is 5.76.